The second kappa shape index (κ2) is 7.21. The number of ether oxygens (including phenoxy) is 2. The molecule has 7 heteroatoms. The maximum Gasteiger partial charge on any atom is 0.522 e. The van der Waals surface area contributed by atoms with E-state index >= 15 is 0 Å². The highest BCUT2D eigenvalue weighted by Gasteiger charge is 2.36. The third kappa shape index (κ3) is 4.86. The zero-order valence-corrected chi connectivity index (χ0v) is 12.7. The molecule has 0 bridgehead atoms. The first-order chi connectivity index (χ1) is 10.8. The molecule has 0 aromatic heterocycles. The Morgan fingerprint density at radius 2 is 1.91 bits per heavy atom. The summed E-state index contributed by atoms with van der Waals surface area (Å²) in [5.74, 6) is -0.383. The molecule has 1 N–H and O–H groups in total. The average Bonchev–Trinajstić information content (AvgIpc) is 2.46. The second-order valence-electron chi connectivity index (χ2n) is 5.64. The number of hydrogen-bond donors (Lipinski definition) is 1. The molecule has 1 aromatic carbocycles. The predicted octanol–water partition coefficient (Wildman–Crippen LogP) is 3.88. The number of rotatable bonds is 5. The number of halogens is 3. The minimum Gasteiger partial charge on any atom is -0.496 e. The number of aliphatic carboxylic acids is 1. The van der Waals surface area contributed by atoms with Crippen LogP contribution >= 0.6 is 0 Å². The highest BCUT2D eigenvalue weighted by Crippen LogP contribution is 2.41. The van der Waals surface area contributed by atoms with Crippen LogP contribution in [-0.2, 0) is 16.0 Å². The first kappa shape index (κ1) is 17.6. The van der Waals surface area contributed by atoms with E-state index in [0.717, 1.165) is 5.56 Å². The Morgan fingerprint density at radius 1 is 1.26 bits per heavy atom. The predicted molar refractivity (Wildman–Crippen MR) is 76.5 cm³/mol. The van der Waals surface area contributed by atoms with Crippen molar-refractivity contribution in [1.29, 1.82) is 0 Å². The number of carbonyl (C=O) groups is 1. The summed E-state index contributed by atoms with van der Waals surface area (Å²) in [4.78, 5) is 11.0. The summed E-state index contributed by atoms with van der Waals surface area (Å²) in [5, 5.41) is 9.04. The topological polar surface area (TPSA) is 55.8 Å². The van der Waals surface area contributed by atoms with Gasteiger partial charge in [0, 0.05) is 5.56 Å². The molecule has 128 valence electrons. The number of benzene rings is 1. The zero-order chi connectivity index (χ0) is 17.0. The lowest BCUT2D eigenvalue weighted by atomic mass is 9.80. The summed E-state index contributed by atoms with van der Waals surface area (Å²) in [7, 11) is 1.50. The van der Waals surface area contributed by atoms with Crippen molar-refractivity contribution >= 4 is 5.97 Å². The molecule has 0 unspecified atom stereocenters. The van der Waals surface area contributed by atoms with E-state index in [1.165, 1.54) is 7.11 Å². The first-order valence-corrected chi connectivity index (χ1v) is 7.42. The van der Waals surface area contributed by atoms with Crippen LogP contribution in [0.1, 0.15) is 42.7 Å². The molecule has 2 rings (SSSR count). The van der Waals surface area contributed by atoms with E-state index < -0.39 is 18.4 Å². The number of carboxylic acid groups (broad SMARTS) is 1. The largest absolute Gasteiger partial charge is 0.522 e. The Morgan fingerprint density at radius 3 is 2.43 bits per heavy atom. The van der Waals surface area contributed by atoms with Crippen LogP contribution in [0.4, 0.5) is 13.2 Å². The van der Waals surface area contributed by atoms with Crippen LogP contribution in [0, 0.1) is 0 Å². The fraction of sp³-hybridized carbons (Fsp3) is 0.562. The summed E-state index contributed by atoms with van der Waals surface area (Å²) >= 11 is 0. The lowest BCUT2D eigenvalue weighted by molar-refractivity contribution is -0.345. The van der Waals surface area contributed by atoms with Gasteiger partial charge in [0.25, 0.3) is 0 Å². The van der Waals surface area contributed by atoms with Crippen molar-refractivity contribution in [2.24, 2.45) is 0 Å². The molecule has 0 radical (unpaired) electrons. The molecule has 0 spiro atoms. The molecule has 0 saturated heterocycles. The van der Waals surface area contributed by atoms with Gasteiger partial charge in [0.1, 0.15) is 5.75 Å². The standard InChI is InChI=1S/C16H19F3O4/c1-22-13-4-2-3-11(9-14(20)21)15(13)10-5-7-12(8-6-10)23-16(17,18)19/h2-4,10,12H,5-9H2,1H3,(H,20,21). The van der Waals surface area contributed by atoms with Crippen molar-refractivity contribution in [3.05, 3.63) is 29.3 Å². The zero-order valence-electron chi connectivity index (χ0n) is 12.7. The van der Waals surface area contributed by atoms with Gasteiger partial charge >= 0.3 is 12.3 Å². The number of alkyl halides is 3. The van der Waals surface area contributed by atoms with E-state index in [1.807, 2.05) is 0 Å². The van der Waals surface area contributed by atoms with E-state index in [1.54, 1.807) is 18.2 Å². The molecule has 1 saturated carbocycles. The molecule has 1 aromatic rings. The Hall–Kier alpha value is -1.76. The minimum absolute atomic E-state index is 0.0198. The van der Waals surface area contributed by atoms with Gasteiger partial charge in [-0.1, -0.05) is 12.1 Å². The summed E-state index contributed by atoms with van der Waals surface area (Å²) in [5.41, 5.74) is 1.44. The fourth-order valence-electron chi connectivity index (χ4n) is 3.21. The van der Waals surface area contributed by atoms with Gasteiger partial charge in [-0.25, -0.2) is 0 Å². The Balaban J connectivity index is 2.14. The van der Waals surface area contributed by atoms with E-state index in [9.17, 15) is 18.0 Å². The maximum atomic E-state index is 12.3. The fourth-order valence-corrected chi connectivity index (χ4v) is 3.21. The molecular weight excluding hydrogens is 313 g/mol. The van der Waals surface area contributed by atoms with Gasteiger partial charge in [0.05, 0.1) is 19.6 Å². The Bertz CT molecular complexity index is 549. The van der Waals surface area contributed by atoms with Crippen molar-refractivity contribution in [3.63, 3.8) is 0 Å². The van der Waals surface area contributed by atoms with Gasteiger partial charge < -0.3 is 9.84 Å². The molecule has 4 nitrogen and oxygen atoms in total. The van der Waals surface area contributed by atoms with Crippen molar-refractivity contribution in [2.45, 2.75) is 50.5 Å². The Kier molecular flexibility index (Phi) is 5.51. The molecule has 1 fully saturated rings. The second-order valence-corrected chi connectivity index (χ2v) is 5.64. The van der Waals surface area contributed by atoms with Crippen LogP contribution in [0.3, 0.4) is 0 Å². The summed E-state index contributed by atoms with van der Waals surface area (Å²) in [6, 6.07) is 5.20. The third-order valence-electron chi connectivity index (χ3n) is 4.10. The van der Waals surface area contributed by atoms with Gasteiger partial charge in [-0.3, -0.25) is 9.53 Å². The van der Waals surface area contributed by atoms with E-state index in [4.69, 9.17) is 9.84 Å². The van der Waals surface area contributed by atoms with E-state index in [2.05, 4.69) is 4.74 Å². The molecule has 1 aliphatic carbocycles. The van der Waals surface area contributed by atoms with Crippen LogP contribution < -0.4 is 4.74 Å². The highest BCUT2D eigenvalue weighted by atomic mass is 19.4. The van der Waals surface area contributed by atoms with Gasteiger partial charge in [0.15, 0.2) is 0 Å². The SMILES string of the molecule is COc1cccc(CC(=O)O)c1C1CCC(OC(F)(F)F)CC1. The third-order valence-corrected chi connectivity index (χ3v) is 4.10. The molecule has 23 heavy (non-hydrogen) atoms. The van der Waals surface area contributed by atoms with Crippen LogP contribution in [0.2, 0.25) is 0 Å². The highest BCUT2D eigenvalue weighted by molar-refractivity contribution is 5.71. The molecule has 0 atom stereocenters. The lowest BCUT2D eigenvalue weighted by Crippen LogP contribution is -2.28. The van der Waals surface area contributed by atoms with E-state index in [0.29, 0.717) is 24.2 Å². The monoisotopic (exact) mass is 332 g/mol. The molecular formula is C16H19F3O4. The van der Waals surface area contributed by atoms with Gasteiger partial charge in [-0.2, -0.15) is 0 Å². The number of methoxy groups -OCH3 is 1. The van der Waals surface area contributed by atoms with Crippen LogP contribution in [0.5, 0.6) is 5.75 Å². The quantitative estimate of drug-likeness (QED) is 0.889. The van der Waals surface area contributed by atoms with Crippen molar-refractivity contribution in [1.82, 2.24) is 0 Å². The van der Waals surface area contributed by atoms with Crippen LogP contribution in [0.15, 0.2) is 18.2 Å². The average molecular weight is 332 g/mol. The minimum atomic E-state index is -4.61. The molecule has 0 amide bonds. The van der Waals surface area contributed by atoms with Crippen LogP contribution in [0.25, 0.3) is 0 Å². The molecule has 0 aliphatic heterocycles. The van der Waals surface area contributed by atoms with Gasteiger partial charge in [-0.05, 0) is 43.2 Å². The molecule has 1 aliphatic rings. The summed E-state index contributed by atoms with van der Waals surface area (Å²) < 4.78 is 46.2. The van der Waals surface area contributed by atoms with Crippen LogP contribution in [-0.4, -0.2) is 30.7 Å². The number of carboxylic acids is 1. The normalized spacial score (nSPS) is 21.9. The summed E-state index contributed by atoms with van der Waals surface area (Å²) in [6.45, 7) is 0. The summed E-state index contributed by atoms with van der Waals surface area (Å²) in [6.07, 6.45) is -3.99. The van der Waals surface area contributed by atoms with E-state index in [-0.39, 0.29) is 25.2 Å². The molecule has 0 heterocycles. The van der Waals surface area contributed by atoms with Gasteiger partial charge in [0.2, 0.25) is 0 Å². The van der Waals surface area contributed by atoms with Crippen molar-refractivity contribution in [2.75, 3.05) is 7.11 Å². The van der Waals surface area contributed by atoms with Crippen molar-refractivity contribution < 1.29 is 32.5 Å². The lowest BCUT2D eigenvalue weighted by Gasteiger charge is -2.31. The number of hydrogen-bond acceptors (Lipinski definition) is 3. The maximum absolute atomic E-state index is 12.3. The first-order valence-electron chi connectivity index (χ1n) is 7.42. The van der Waals surface area contributed by atoms with Gasteiger partial charge in [-0.15, -0.1) is 13.2 Å². The van der Waals surface area contributed by atoms with Crippen molar-refractivity contribution in [3.8, 4) is 5.75 Å². The smallest absolute Gasteiger partial charge is 0.496 e. The Labute approximate surface area is 132 Å².